The number of carbonyl (C=O) groups is 1. The lowest BCUT2D eigenvalue weighted by Gasteiger charge is -2.20. The molecule has 0 saturated carbocycles. The lowest BCUT2D eigenvalue weighted by Crippen LogP contribution is -2.34. The van der Waals surface area contributed by atoms with Crippen LogP contribution in [-0.2, 0) is 6.54 Å². The molecular weight excluding hydrogens is 406 g/mol. The van der Waals surface area contributed by atoms with Crippen LogP contribution in [0.15, 0.2) is 47.7 Å². The lowest BCUT2D eigenvalue weighted by molar-refractivity contribution is 0.0929. The molecule has 0 fully saturated rings. The fourth-order valence-corrected chi connectivity index (χ4v) is 3.74. The van der Waals surface area contributed by atoms with Gasteiger partial charge < -0.3 is 10.1 Å². The molecule has 1 aromatic carbocycles. The molecule has 9 heteroatoms. The van der Waals surface area contributed by atoms with Gasteiger partial charge in [0.05, 0.1) is 30.1 Å². The summed E-state index contributed by atoms with van der Waals surface area (Å²) in [5.41, 5.74) is 1.16. The van der Waals surface area contributed by atoms with E-state index >= 15 is 0 Å². The molecule has 0 bridgehead atoms. The normalized spacial score (nSPS) is 15.7. The van der Waals surface area contributed by atoms with Gasteiger partial charge in [0.2, 0.25) is 0 Å². The van der Waals surface area contributed by atoms with Crippen LogP contribution in [0.4, 0.5) is 0 Å². The molecule has 8 nitrogen and oxygen atoms in total. The summed E-state index contributed by atoms with van der Waals surface area (Å²) in [6, 6.07) is 7.60. The number of methoxy groups -OCH3 is 1. The van der Waals surface area contributed by atoms with Gasteiger partial charge in [-0.3, -0.25) is 14.2 Å². The highest BCUT2D eigenvalue weighted by molar-refractivity contribution is 6.31. The van der Waals surface area contributed by atoms with Gasteiger partial charge in [0.1, 0.15) is 17.9 Å². The average molecular weight is 426 g/mol. The molecule has 154 valence electrons. The van der Waals surface area contributed by atoms with Gasteiger partial charge in [-0.1, -0.05) is 11.6 Å². The fourth-order valence-electron chi connectivity index (χ4n) is 3.57. The molecule has 1 atom stereocenters. The number of halogens is 1. The van der Waals surface area contributed by atoms with Crippen molar-refractivity contribution in [3.05, 3.63) is 69.6 Å². The van der Waals surface area contributed by atoms with Crippen molar-refractivity contribution >= 4 is 17.5 Å². The number of nitrogens with one attached hydrogen (secondary N) is 1. The van der Waals surface area contributed by atoms with Crippen molar-refractivity contribution < 1.29 is 9.53 Å². The molecule has 1 N–H and O–H groups in total. The minimum absolute atomic E-state index is 0.171. The number of carbonyl (C=O) groups excluding carboxylic acids is 1. The van der Waals surface area contributed by atoms with Crippen LogP contribution in [0, 0.1) is 0 Å². The second kappa shape index (κ2) is 8.62. The summed E-state index contributed by atoms with van der Waals surface area (Å²) in [5.74, 6) is 0.600. The van der Waals surface area contributed by atoms with Crippen molar-refractivity contribution in [1.82, 2.24) is 24.8 Å². The van der Waals surface area contributed by atoms with E-state index in [2.05, 4.69) is 15.3 Å². The maximum absolute atomic E-state index is 13.0. The molecule has 3 heterocycles. The first-order chi connectivity index (χ1) is 14.6. The predicted molar refractivity (Wildman–Crippen MR) is 112 cm³/mol. The van der Waals surface area contributed by atoms with Gasteiger partial charge in [0.25, 0.3) is 11.5 Å². The van der Waals surface area contributed by atoms with Gasteiger partial charge in [-0.2, -0.15) is 0 Å². The molecule has 1 aliphatic rings. The minimum atomic E-state index is -0.432. The smallest absolute Gasteiger partial charge is 0.255 e. The largest absolute Gasteiger partial charge is 0.496 e. The van der Waals surface area contributed by atoms with Crippen molar-refractivity contribution in [3.8, 4) is 17.1 Å². The van der Waals surface area contributed by atoms with Crippen molar-refractivity contribution in [2.45, 2.75) is 31.8 Å². The monoisotopic (exact) mass is 425 g/mol. The Hall–Kier alpha value is -3.26. The van der Waals surface area contributed by atoms with Crippen LogP contribution in [0.5, 0.6) is 5.75 Å². The van der Waals surface area contributed by atoms with E-state index in [0.29, 0.717) is 46.5 Å². The molecule has 0 aliphatic carbocycles. The Morgan fingerprint density at radius 1 is 1.23 bits per heavy atom. The van der Waals surface area contributed by atoms with Crippen LogP contribution < -0.4 is 15.6 Å². The van der Waals surface area contributed by atoms with Gasteiger partial charge in [0, 0.05) is 23.8 Å². The van der Waals surface area contributed by atoms with E-state index in [1.165, 1.54) is 19.5 Å². The third kappa shape index (κ3) is 4.04. The van der Waals surface area contributed by atoms with E-state index in [1.807, 2.05) is 0 Å². The number of ether oxygens (including phenoxy) is 1. The van der Waals surface area contributed by atoms with Crippen molar-refractivity contribution in [3.63, 3.8) is 0 Å². The van der Waals surface area contributed by atoms with E-state index in [0.717, 1.165) is 12.8 Å². The standard InChI is InChI=1S/C21H20ClN5O3/c1-30-18-6-5-13(22)10-14(18)21(29)26-16-4-2-3-9-27-19(28)11-17(25-20(16)27)15-7-8-23-12-24-15/h5-8,10-12,16H,2-4,9H2,1H3,(H,26,29). The highest BCUT2D eigenvalue weighted by Gasteiger charge is 2.25. The summed E-state index contributed by atoms with van der Waals surface area (Å²) < 4.78 is 6.92. The number of benzene rings is 1. The summed E-state index contributed by atoms with van der Waals surface area (Å²) in [5, 5.41) is 3.44. The topological polar surface area (TPSA) is 99.0 Å². The van der Waals surface area contributed by atoms with Gasteiger partial charge in [0.15, 0.2) is 0 Å². The van der Waals surface area contributed by atoms with E-state index in [4.69, 9.17) is 21.3 Å². The van der Waals surface area contributed by atoms with Crippen LogP contribution in [-0.4, -0.2) is 32.5 Å². The average Bonchev–Trinajstić information content (AvgIpc) is 2.97. The van der Waals surface area contributed by atoms with Gasteiger partial charge >= 0.3 is 0 Å². The second-order valence-corrected chi connectivity index (χ2v) is 7.39. The molecule has 4 rings (SSSR count). The van der Waals surface area contributed by atoms with Crippen molar-refractivity contribution in [2.24, 2.45) is 0 Å². The Labute approximate surface area is 177 Å². The number of hydrogen-bond acceptors (Lipinski definition) is 6. The summed E-state index contributed by atoms with van der Waals surface area (Å²) in [6.07, 6.45) is 5.34. The van der Waals surface area contributed by atoms with Gasteiger partial charge in [-0.25, -0.2) is 15.0 Å². The summed E-state index contributed by atoms with van der Waals surface area (Å²) >= 11 is 6.07. The predicted octanol–water partition coefficient (Wildman–Crippen LogP) is 3.02. The van der Waals surface area contributed by atoms with Crippen LogP contribution in [0.1, 0.15) is 41.5 Å². The van der Waals surface area contributed by atoms with Crippen molar-refractivity contribution in [2.75, 3.05) is 7.11 Å². The first-order valence-corrected chi connectivity index (χ1v) is 9.97. The van der Waals surface area contributed by atoms with E-state index in [9.17, 15) is 9.59 Å². The van der Waals surface area contributed by atoms with E-state index < -0.39 is 6.04 Å². The van der Waals surface area contributed by atoms with Crippen LogP contribution >= 0.6 is 11.6 Å². The van der Waals surface area contributed by atoms with Crippen LogP contribution in [0.2, 0.25) is 5.02 Å². The highest BCUT2D eigenvalue weighted by Crippen LogP contribution is 2.27. The first-order valence-electron chi connectivity index (χ1n) is 9.59. The van der Waals surface area contributed by atoms with Crippen LogP contribution in [0.3, 0.4) is 0 Å². The Morgan fingerprint density at radius 3 is 2.87 bits per heavy atom. The number of amides is 1. The Morgan fingerprint density at radius 2 is 2.10 bits per heavy atom. The molecule has 30 heavy (non-hydrogen) atoms. The third-order valence-corrected chi connectivity index (χ3v) is 5.26. The molecule has 1 unspecified atom stereocenters. The molecule has 1 amide bonds. The van der Waals surface area contributed by atoms with E-state index in [1.54, 1.807) is 35.0 Å². The Kier molecular flexibility index (Phi) is 5.76. The summed E-state index contributed by atoms with van der Waals surface area (Å²) in [4.78, 5) is 38.6. The molecule has 1 aliphatic heterocycles. The summed E-state index contributed by atoms with van der Waals surface area (Å²) in [7, 11) is 1.50. The number of rotatable bonds is 4. The van der Waals surface area contributed by atoms with Gasteiger partial charge in [-0.05, 0) is 43.5 Å². The zero-order valence-electron chi connectivity index (χ0n) is 16.3. The Balaban J connectivity index is 1.72. The number of hydrogen-bond donors (Lipinski definition) is 1. The van der Waals surface area contributed by atoms with E-state index in [-0.39, 0.29) is 11.5 Å². The number of nitrogens with zero attached hydrogens (tertiary/aromatic N) is 4. The molecule has 0 saturated heterocycles. The lowest BCUT2D eigenvalue weighted by atomic mass is 10.1. The highest BCUT2D eigenvalue weighted by atomic mass is 35.5. The third-order valence-electron chi connectivity index (χ3n) is 5.03. The molecule has 0 spiro atoms. The summed E-state index contributed by atoms with van der Waals surface area (Å²) in [6.45, 7) is 0.554. The number of fused-ring (bicyclic) bond motifs is 1. The van der Waals surface area contributed by atoms with Gasteiger partial charge in [-0.15, -0.1) is 0 Å². The SMILES string of the molecule is COc1ccc(Cl)cc1C(=O)NC1CCCCn2c1nc(-c1ccncn1)cc2=O. The second-order valence-electron chi connectivity index (χ2n) is 6.95. The first kappa shape index (κ1) is 20.0. The van der Waals surface area contributed by atoms with Crippen LogP contribution in [0.25, 0.3) is 11.4 Å². The minimum Gasteiger partial charge on any atom is -0.496 e. The molecular formula is C21H20ClN5O3. The van der Waals surface area contributed by atoms with Crippen molar-refractivity contribution in [1.29, 1.82) is 0 Å². The molecule has 3 aromatic rings. The zero-order valence-corrected chi connectivity index (χ0v) is 17.1. The molecule has 2 aromatic heterocycles. The fraction of sp³-hybridized carbons (Fsp3) is 0.286. The maximum atomic E-state index is 13.0. The zero-order chi connectivity index (χ0) is 21.1. The Bertz CT molecular complexity index is 1130. The number of aromatic nitrogens is 4. The quantitative estimate of drug-likeness (QED) is 0.689. The molecule has 0 radical (unpaired) electrons. The maximum Gasteiger partial charge on any atom is 0.255 e.